The molecule has 0 unspecified atom stereocenters. The number of hydrogen-bond acceptors (Lipinski definition) is 5. The molecule has 0 radical (unpaired) electrons. The third-order valence-corrected chi connectivity index (χ3v) is 7.06. The quantitative estimate of drug-likeness (QED) is 0.408. The number of benzene rings is 1. The van der Waals surface area contributed by atoms with E-state index in [1.165, 1.54) is 18.6 Å². The summed E-state index contributed by atoms with van der Waals surface area (Å²) in [6.45, 7) is 0. The summed E-state index contributed by atoms with van der Waals surface area (Å²) >= 11 is 5.78. The van der Waals surface area contributed by atoms with Gasteiger partial charge < -0.3 is 24.8 Å². The molecule has 2 fully saturated rings. The number of furan rings is 1. The summed E-state index contributed by atoms with van der Waals surface area (Å²) < 4.78 is 6.29. The maximum Gasteiger partial charge on any atom is 0.335 e. The van der Waals surface area contributed by atoms with Crippen LogP contribution in [-0.4, -0.2) is 43.2 Å². The van der Waals surface area contributed by atoms with Gasteiger partial charge in [-0.15, -0.1) is 0 Å². The number of carbonyl (C=O) groups is 2. The van der Waals surface area contributed by atoms with E-state index in [0.717, 1.165) is 37.4 Å². The van der Waals surface area contributed by atoms with Gasteiger partial charge in [0, 0.05) is 17.8 Å². The molecule has 0 amide bonds. The summed E-state index contributed by atoms with van der Waals surface area (Å²) in [6.07, 6.45) is 7.35. The van der Waals surface area contributed by atoms with Gasteiger partial charge in [-0.1, -0.05) is 25.3 Å². The van der Waals surface area contributed by atoms with Crippen molar-refractivity contribution in [2.75, 3.05) is 0 Å². The van der Waals surface area contributed by atoms with Gasteiger partial charge >= 0.3 is 11.9 Å². The molecule has 9 heteroatoms. The summed E-state index contributed by atoms with van der Waals surface area (Å²) in [4.78, 5) is 29.9. The summed E-state index contributed by atoms with van der Waals surface area (Å²) in [6, 6.07) is 13.2. The Kier molecular flexibility index (Phi) is 6.25. The Morgan fingerprint density at radius 3 is 2.34 bits per heavy atom. The van der Waals surface area contributed by atoms with Crippen molar-refractivity contribution < 1.29 is 24.2 Å². The van der Waals surface area contributed by atoms with E-state index in [-0.39, 0.29) is 29.3 Å². The third-order valence-electron chi connectivity index (χ3n) is 6.73. The van der Waals surface area contributed by atoms with Gasteiger partial charge in [-0.25, -0.2) is 9.59 Å². The van der Waals surface area contributed by atoms with Crippen molar-refractivity contribution in [2.24, 2.45) is 0 Å². The Balaban J connectivity index is 1.56. The van der Waals surface area contributed by atoms with E-state index in [1.807, 2.05) is 24.3 Å². The molecular formula is C26H25N3O5S. The Morgan fingerprint density at radius 1 is 1.00 bits per heavy atom. The first-order valence-corrected chi connectivity index (χ1v) is 12.0. The van der Waals surface area contributed by atoms with Crippen LogP contribution >= 0.6 is 12.2 Å². The lowest BCUT2D eigenvalue weighted by Crippen LogP contribution is -2.40. The zero-order chi connectivity index (χ0) is 24.5. The first kappa shape index (κ1) is 23.0. The topological polar surface area (TPSA) is 116 Å². The second-order valence-corrected chi connectivity index (χ2v) is 9.32. The number of pyridine rings is 1. The van der Waals surface area contributed by atoms with Crippen LogP contribution in [0.3, 0.4) is 0 Å². The molecule has 0 spiro atoms. The van der Waals surface area contributed by atoms with E-state index in [9.17, 15) is 19.8 Å². The van der Waals surface area contributed by atoms with Gasteiger partial charge in [0.25, 0.3) is 0 Å². The minimum atomic E-state index is -1.20. The number of aromatic carboxylic acids is 2. The van der Waals surface area contributed by atoms with E-state index >= 15 is 0 Å². The molecule has 1 aromatic carbocycles. The maximum absolute atomic E-state index is 11.6. The summed E-state index contributed by atoms with van der Waals surface area (Å²) in [5.74, 6) is -1.35. The van der Waals surface area contributed by atoms with Crippen molar-refractivity contribution >= 4 is 29.3 Å². The van der Waals surface area contributed by atoms with Crippen molar-refractivity contribution in [1.82, 2.24) is 15.2 Å². The van der Waals surface area contributed by atoms with Crippen LogP contribution in [-0.2, 0) is 0 Å². The smallest absolute Gasteiger partial charge is 0.335 e. The number of nitrogens with one attached hydrogen (secondary N) is 1. The number of hydrogen-bond donors (Lipinski definition) is 3. The molecule has 8 nitrogen and oxygen atoms in total. The van der Waals surface area contributed by atoms with Gasteiger partial charge in [0.15, 0.2) is 5.11 Å². The lowest BCUT2D eigenvalue weighted by molar-refractivity contribution is 0.0696. The number of carboxylic acids is 2. The van der Waals surface area contributed by atoms with Crippen LogP contribution in [0.2, 0.25) is 0 Å². The van der Waals surface area contributed by atoms with Crippen molar-refractivity contribution in [3.8, 4) is 11.3 Å². The average molecular weight is 492 g/mol. The molecular weight excluding hydrogens is 466 g/mol. The minimum Gasteiger partial charge on any atom is -0.478 e. The van der Waals surface area contributed by atoms with E-state index in [2.05, 4.69) is 15.2 Å². The van der Waals surface area contributed by atoms with Crippen LogP contribution in [0.15, 0.2) is 59.1 Å². The van der Waals surface area contributed by atoms with Gasteiger partial charge in [-0.05, 0) is 67.5 Å². The lowest BCUT2D eigenvalue weighted by Gasteiger charge is -2.36. The fourth-order valence-electron chi connectivity index (χ4n) is 5.11. The van der Waals surface area contributed by atoms with E-state index in [4.69, 9.17) is 16.6 Å². The van der Waals surface area contributed by atoms with Crippen LogP contribution in [0.25, 0.3) is 11.3 Å². The zero-order valence-corrected chi connectivity index (χ0v) is 19.7. The molecule has 5 rings (SSSR count). The maximum atomic E-state index is 11.6. The largest absolute Gasteiger partial charge is 0.478 e. The SMILES string of the molecule is O=C(O)c1cc(C(=O)O)cc(-c2ccc([C@@H]3[C@@H](c4ccccn4)NC(=S)N3C3CCCCC3)o2)c1. The molecule has 2 atom stereocenters. The van der Waals surface area contributed by atoms with Crippen LogP contribution in [0.4, 0.5) is 0 Å². The molecule has 1 saturated carbocycles. The monoisotopic (exact) mass is 491 g/mol. The Labute approximate surface area is 207 Å². The average Bonchev–Trinajstić information content (AvgIpc) is 3.49. The number of carboxylic acid groups (broad SMARTS) is 2. The number of rotatable bonds is 6. The molecule has 3 aromatic rings. The van der Waals surface area contributed by atoms with E-state index in [1.54, 1.807) is 12.3 Å². The normalized spacial score (nSPS) is 20.6. The van der Waals surface area contributed by atoms with E-state index < -0.39 is 11.9 Å². The molecule has 3 N–H and O–H groups in total. The molecule has 3 heterocycles. The molecule has 1 aliphatic carbocycles. The summed E-state index contributed by atoms with van der Waals surface area (Å²) in [7, 11) is 0. The number of nitrogens with zero attached hydrogens (tertiary/aromatic N) is 2. The van der Waals surface area contributed by atoms with E-state index in [0.29, 0.717) is 22.2 Å². The van der Waals surface area contributed by atoms with Gasteiger partial charge in [0.2, 0.25) is 0 Å². The van der Waals surface area contributed by atoms with Crippen molar-refractivity contribution in [3.05, 3.63) is 77.3 Å². The first-order chi connectivity index (χ1) is 16.9. The molecule has 0 bridgehead atoms. The third kappa shape index (κ3) is 4.51. The Morgan fingerprint density at radius 2 is 1.71 bits per heavy atom. The highest BCUT2D eigenvalue weighted by Gasteiger charge is 2.44. The highest BCUT2D eigenvalue weighted by atomic mass is 32.1. The van der Waals surface area contributed by atoms with Gasteiger partial charge in [-0.3, -0.25) is 4.98 Å². The summed E-state index contributed by atoms with van der Waals surface area (Å²) in [5, 5.41) is 23.0. The number of aromatic nitrogens is 1. The van der Waals surface area contributed by atoms with Gasteiger partial charge in [0.05, 0.1) is 22.9 Å². The summed E-state index contributed by atoms with van der Waals surface area (Å²) in [5.41, 5.74) is 1.01. The highest BCUT2D eigenvalue weighted by molar-refractivity contribution is 7.80. The molecule has 1 saturated heterocycles. The van der Waals surface area contributed by atoms with Crippen molar-refractivity contribution in [3.63, 3.8) is 0 Å². The van der Waals surface area contributed by atoms with Crippen molar-refractivity contribution in [2.45, 2.75) is 50.2 Å². The predicted octanol–water partition coefficient (Wildman–Crippen LogP) is 5.04. The Bertz CT molecular complexity index is 1240. The molecule has 35 heavy (non-hydrogen) atoms. The molecule has 2 aliphatic rings. The standard InChI is InChI=1S/C26H25N3O5S/c30-24(31)16-12-15(13-17(14-16)25(32)33)20-9-10-21(34-20)23-22(19-8-4-5-11-27-19)28-26(35)29(23)18-6-2-1-3-7-18/h4-5,8-14,18,22-23H,1-3,6-7H2,(H,28,35)(H,30,31)(H,32,33)/t22-,23-/m1/s1. The first-order valence-electron chi connectivity index (χ1n) is 11.6. The zero-order valence-electron chi connectivity index (χ0n) is 18.9. The highest BCUT2D eigenvalue weighted by Crippen LogP contribution is 2.43. The molecule has 180 valence electrons. The minimum absolute atomic E-state index is 0.114. The van der Waals surface area contributed by atoms with Crippen LogP contribution in [0.5, 0.6) is 0 Å². The van der Waals surface area contributed by atoms with Crippen LogP contribution < -0.4 is 5.32 Å². The molecule has 1 aliphatic heterocycles. The van der Waals surface area contributed by atoms with Crippen LogP contribution in [0, 0.1) is 0 Å². The second kappa shape index (κ2) is 9.50. The number of thiocarbonyl (C=S) groups is 1. The fourth-order valence-corrected chi connectivity index (χ4v) is 5.50. The lowest BCUT2D eigenvalue weighted by atomic mass is 9.92. The van der Waals surface area contributed by atoms with Crippen LogP contribution in [0.1, 0.15) is 76.4 Å². The predicted molar refractivity (Wildman–Crippen MR) is 132 cm³/mol. The fraction of sp³-hybridized carbons (Fsp3) is 0.308. The Hall–Kier alpha value is -3.72. The molecule has 2 aromatic heterocycles. The second-order valence-electron chi connectivity index (χ2n) is 8.94. The van der Waals surface area contributed by atoms with Crippen molar-refractivity contribution in [1.29, 1.82) is 0 Å². The van der Waals surface area contributed by atoms with Gasteiger partial charge in [0.1, 0.15) is 17.6 Å². The van der Waals surface area contributed by atoms with Gasteiger partial charge in [-0.2, -0.15) is 0 Å².